The fraction of sp³-hybridized carbons (Fsp3) is 0.771. The Labute approximate surface area is 264 Å². The second-order valence-corrected chi connectivity index (χ2v) is 13.9. The van der Waals surface area contributed by atoms with Crippen LogP contribution in [0.3, 0.4) is 0 Å². The van der Waals surface area contributed by atoms with E-state index in [-0.39, 0.29) is 41.6 Å². The van der Waals surface area contributed by atoms with Gasteiger partial charge in [0.25, 0.3) is 0 Å². The summed E-state index contributed by atoms with van der Waals surface area (Å²) < 4.78 is 10.9. The summed E-state index contributed by atoms with van der Waals surface area (Å²) in [7, 11) is 1.30. The molecular weight excluding hydrogens is 560 g/mol. The van der Waals surface area contributed by atoms with Gasteiger partial charge >= 0.3 is 11.9 Å². The number of rotatable bonds is 6. The quantitative estimate of drug-likeness (QED) is 0.343. The molecule has 1 amide bonds. The van der Waals surface area contributed by atoms with Crippen molar-refractivity contribution < 1.29 is 34.1 Å². The molecule has 0 spiro atoms. The predicted octanol–water partition coefficient (Wildman–Crippen LogP) is 5.25. The zero-order valence-electron chi connectivity index (χ0n) is 27.8. The SMILES string of the molecule is COC(=O)[C@@H](CC(C)C)NC(=O)[C@@H]1CCC[C@H]1[C@@H]1C/C=C/C=C(/C#N)[C@H](O)[C@@H](C)C[C@H](C)C[C@H](C)C[C@H](C)[C@@H](O)CC(=O)O1. The highest BCUT2D eigenvalue weighted by Crippen LogP contribution is 2.38. The topological polar surface area (TPSA) is 146 Å². The molecule has 2 aliphatic rings. The van der Waals surface area contributed by atoms with Gasteiger partial charge in [-0.1, -0.05) is 60.1 Å². The van der Waals surface area contributed by atoms with Crippen LogP contribution in [0.1, 0.15) is 99.3 Å². The fourth-order valence-corrected chi connectivity index (χ4v) is 7.09. The van der Waals surface area contributed by atoms with E-state index in [0.29, 0.717) is 37.5 Å². The van der Waals surface area contributed by atoms with E-state index in [1.165, 1.54) is 7.11 Å². The molecule has 248 valence electrons. The number of ether oxygens (including phenoxy) is 2. The van der Waals surface area contributed by atoms with Gasteiger partial charge in [-0.2, -0.15) is 5.26 Å². The predicted molar refractivity (Wildman–Crippen MR) is 169 cm³/mol. The number of cyclic esters (lactones) is 1. The average molecular weight is 617 g/mol. The molecule has 9 nitrogen and oxygen atoms in total. The Morgan fingerprint density at radius 2 is 1.75 bits per heavy atom. The molecule has 0 aromatic carbocycles. The highest BCUT2D eigenvalue weighted by Gasteiger charge is 2.41. The number of methoxy groups -OCH3 is 1. The summed E-state index contributed by atoms with van der Waals surface area (Å²) in [6.07, 6.45) is 7.78. The van der Waals surface area contributed by atoms with Crippen LogP contribution in [0.5, 0.6) is 0 Å². The van der Waals surface area contributed by atoms with Crippen LogP contribution in [0.25, 0.3) is 0 Å². The van der Waals surface area contributed by atoms with Crippen LogP contribution in [-0.4, -0.2) is 59.5 Å². The van der Waals surface area contributed by atoms with Crippen LogP contribution in [0, 0.1) is 52.8 Å². The van der Waals surface area contributed by atoms with Crippen molar-refractivity contribution in [3.63, 3.8) is 0 Å². The summed E-state index contributed by atoms with van der Waals surface area (Å²) in [5.74, 6) is -1.43. The Morgan fingerprint density at radius 3 is 2.36 bits per heavy atom. The number of aliphatic hydroxyl groups is 2. The van der Waals surface area contributed by atoms with Crippen molar-refractivity contribution in [2.75, 3.05) is 7.11 Å². The molecule has 1 heterocycles. The number of hydrogen-bond donors (Lipinski definition) is 3. The van der Waals surface area contributed by atoms with Gasteiger partial charge in [-0.3, -0.25) is 9.59 Å². The third kappa shape index (κ3) is 11.7. The van der Waals surface area contributed by atoms with Crippen LogP contribution < -0.4 is 5.32 Å². The van der Waals surface area contributed by atoms with Gasteiger partial charge in [-0.25, -0.2) is 4.79 Å². The van der Waals surface area contributed by atoms with Crippen molar-refractivity contribution in [1.29, 1.82) is 5.26 Å². The second kappa shape index (κ2) is 18.3. The lowest BCUT2D eigenvalue weighted by Gasteiger charge is -2.30. The van der Waals surface area contributed by atoms with Crippen LogP contribution in [0.4, 0.5) is 0 Å². The Hall–Kier alpha value is -2.70. The van der Waals surface area contributed by atoms with Crippen molar-refractivity contribution in [2.24, 2.45) is 41.4 Å². The van der Waals surface area contributed by atoms with E-state index in [0.717, 1.165) is 25.7 Å². The first-order valence-corrected chi connectivity index (χ1v) is 16.5. The molecule has 1 fully saturated rings. The number of allylic oxidation sites excluding steroid dienone is 2. The lowest BCUT2D eigenvalue weighted by molar-refractivity contribution is -0.157. The first-order chi connectivity index (χ1) is 20.8. The van der Waals surface area contributed by atoms with Crippen LogP contribution >= 0.6 is 0 Å². The molecule has 1 aliphatic heterocycles. The maximum absolute atomic E-state index is 13.5. The van der Waals surface area contributed by atoms with Crippen molar-refractivity contribution in [2.45, 2.75) is 124 Å². The Kier molecular flexibility index (Phi) is 15.6. The zero-order valence-corrected chi connectivity index (χ0v) is 27.8. The minimum atomic E-state index is -0.896. The van der Waals surface area contributed by atoms with Gasteiger partial charge in [0.2, 0.25) is 5.91 Å². The normalized spacial score (nSPS) is 35.6. The van der Waals surface area contributed by atoms with E-state index in [1.807, 2.05) is 27.7 Å². The van der Waals surface area contributed by atoms with E-state index in [1.54, 1.807) is 18.2 Å². The molecule has 10 atom stereocenters. The summed E-state index contributed by atoms with van der Waals surface area (Å²) in [6, 6.07) is 1.38. The van der Waals surface area contributed by atoms with Gasteiger partial charge in [-0.15, -0.1) is 0 Å². The molecular formula is C35H56N2O7. The Bertz CT molecular complexity index is 1050. The summed E-state index contributed by atoms with van der Waals surface area (Å²) >= 11 is 0. The van der Waals surface area contributed by atoms with Crippen LogP contribution in [0.2, 0.25) is 0 Å². The molecule has 0 unspecified atom stereocenters. The lowest BCUT2D eigenvalue weighted by atomic mass is 9.82. The van der Waals surface area contributed by atoms with Crippen molar-refractivity contribution in [3.05, 3.63) is 23.8 Å². The fourth-order valence-electron chi connectivity index (χ4n) is 7.09. The monoisotopic (exact) mass is 616 g/mol. The number of esters is 2. The molecule has 3 N–H and O–H groups in total. The molecule has 1 saturated carbocycles. The Balaban J connectivity index is 2.35. The molecule has 0 aromatic heterocycles. The van der Waals surface area contributed by atoms with Crippen molar-refractivity contribution in [1.82, 2.24) is 5.32 Å². The first-order valence-electron chi connectivity index (χ1n) is 16.5. The molecule has 0 aromatic rings. The van der Waals surface area contributed by atoms with Gasteiger partial charge in [0, 0.05) is 18.3 Å². The third-order valence-electron chi connectivity index (χ3n) is 9.33. The number of nitrogens with one attached hydrogen (secondary N) is 1. The first kappa shape index (κ1) is 37.5. The maximum Gasteiger partial charge on any atom is 0.328 e. The molecule has 2 rings (SSSR count). The minimum Gasteiger partial charge on any atom is -0.467 e. The van der Waals surface area contributed by atoms with Crippen LogP contribution in [0.15, 0.2) is 23.8 Å². The van der Waals surface area contributed by atoms with E-state index >= 15 is 0 Å². The summed E-state index contributed by atoms with van der Waals surface area (Å²) in [5.41, 5.74) is 0.275. The second-order valence-electron chi connectivity index (χ2n) is 13.9. The highest BCUT2D eigenvalue weighted by atomic mass is 16.5. The van der Waals surface area contributed by atoms with E-state index < -0.39 is 42.2 Å². The largest absolute Gasteiger partial charge is 0.467 e. The summed E-state index contributed by atoms with van der Waals surface area (Å²) in [5, 5.41) is 34.5. The summed E-state index contributed by atoms with van der Waals surface area (Å²) in [6.45, 7) is 12.1. The number of nitrogens with zero attached hydrogens (tertiary/aromatic N) is 1. The molecule has 1 aliphatic carbocycles. The van der Waals surface area contributed by atoms with E-state index in [2.05, 4.69) is 25.2 Å². The van der Waals surface area contributed by atoms with E-state index in [9.17, 15) is 29.9 Å². The summed E-state index contributed by atoms with van der Waals surface area (Å²) in [4.78, 5) is 39.0. The van der Waals surface area contributed by atoms with Crippen molar-refractivity contribution >= 4 is 17.8 Å². The standard InChI is InChI=1S/C35H56N2O7/c1-21(2)15-29(35(42)43-7)37-34(41)28-13-10-12-27(28)31-14-9-8-11-26(20-36)33(40)25(6)18-23(4)16-22(3)17-24(5)30(38)19-32(39)44-31/h8-9,11,21-25,27-31,33,38,40H,10,12-19H2,1-7H3,(H,37,41)/b9-8+,26-11-/t22-,23+,24-,25-,27+,28+,29+,30-,31-,33+/m0/s1. The average Bonchev–Trinajstić information content (AvgIpc) is 3.44. The number of hydrogen-bond acceptors (Lipinski definition) is 8. The van der Waals surface area contributed by atoms with Crippen LogP contribution in [-0.2, 0) is 23.9 Å². The molecule has 9 heteroatoms. The number of nitriles is 1. The highest BCUT2D eigenvalue weighted by molar-refractivity contribution is 5.86. The molecule has 0 radical (unpaired) electrons. The zero-order chi connectivity index (χ0) is 33.0. The minimum absolute atomic E-state index is 0.102. The maximum atomic E-state index is 13.5. The van der Waals surface area contributed by atoms with Gasteiger partial charge in [-0.05, 0) is 74.2 Å². The third-order valence-corrected chi connectivity index (χ3v) is 9.33. The molecule has 0 saturated heterocycles. The lowest BCUT2D eigenvalue weighted by Crippen LogP contribution is -2.47. The van der Waals surface area contributed by atoms with Gasteiger partial charge in [0.05, 0.1) is 37.4 Å². The van der Waals surface area contributed by atoms with E-state index in [4.69, 9.17) is 9.47 Å². The van der Waals surface area contributed by atoms with Gasteiger partial charge in [0.15, 0.2) is 0 Å². The number of carbonyl (C=O) groups excluding carboxylic acids is 3. The number of amides is 1. The van der Waals surface area contributed by atoms with Crippen molar-refractivity contribution in [3.8, 4) is 6.07 Å². The Morgan fingerprint density at radius 1 is 1.09 bits per heavy atom. The molecule has 44 heavy (non-hydrogen) atoms. The number of aliphatic hydroxyl groups excluding tert-OH is 2. The van der Waals surface area contributed by atoms with Gasteiger partial charge in [0.1, 0.15) is 12.1 Å². The van der Waals surface area contributed by atoms with Gasteiger partial charge < -0.3 is 25.0 Å². The molecule has 0 bridgehead atoms. The number of carbonyl (C=O) groups is 3. The smallest absolute Gasteiger partial charge is 0.328 e.